The third-order valence-corrected chi connectivity index (χ3v) is 2.18. The average Bonchev–Trinajstić information content (AvgIpc) is 2.81. The molecule has 0 aliphatic carbocycles. The van der Waals surface area contributed by atoms with Gasteiger partial charge < -0.3 is 10.6 Å². The first kappa shape index (κ1) is 12.0. The number of nitrogens with zero attached hydrogens (tertiary/aromatic N) is 3. The fourth-order valence-electron chi connectivity index (χ4n) is 1.35. The Bertz CT molecular complexity index is 529. The number of carbonyl (C=O) groups excluding carboxylic acids is 1. The lowest BCUT2D eigenvalue weighted by molar-refractivity contribution is 0.249. The van der Waals surface area contributed by atoms with Crippen molar-refractivity contribution in [2.24, 2.45) is 0 Å². The summed E-state index contributed by atoms with van der Waals surface area (Å²) in [7, 11) is 0. The monoisotopic (exact) mass is 250 g/mol. The maximum atomic E-state index is 12.9. The highest BCUT2D eigenvalue weighted by Crippen LogP contribution is 2.09. The van der Waals surface area contributed by atoms with E-state index >= 15 is 0 Å². The number of aromatic amines is 1. The number of amides is 2. The Morgan fingerprint density at radius 1 is 1.50 bits per heavy atom. The number of aromatic nitrogens is 4. The largest absolute Gasteiger partial charge is 0.328 e. The predicted molar refractivity (Wildman–Crippen MR) is 61.1 cm³/mol. The molecule has 3 N–H and O–H groups in total. The van der Waals surface area contributed by atoms with Crippen LogP contribution in [0.2, 0.25) is 0 Å². The molecule has 2 amide bonds. The van der Waals surface area contributed by atoms with Crippen LogP contribution in [0.4, 0.5) is 14.9 Å². The zero-order valence-electron chi connectivity index (χ0n) is 9.51. The van der Waals surface area contributed by atoms with Crippen molar-refractivity contribution in [2.45, 2.75) is 13.0 Å². The van der Waals surface area contributed by atoms with Crippen LogP contribution in [0.1, 0.15) is 18.8 Å². The van der Waals surface area contributed by atoms with Crippen molar-refractivity contribution in [2.75, 3.05) is 5.32 Å². The second kappa shape index (κ2) is 5.21. The van der Waals surface area contributed by atoms with E-state index in [1.54, 1.807) is 13.0 Å². The number of tetrazole rings is 1. The average molecular weight is 250 g/mol. The first-order chi connectivity index (χ1) is 8.65. The molecule has 2 rings (SSSR count). The molecule has 7 nitrogen and oxygen atoms in total. The minimum atomic E-state index is -0.474. The van der Waals surface area contributed by atoms with Gasteiger partial charge >= 0.3 is 6.03 Å². The van der Waals surface area contributed by atoms with Crippen molar-refractivity contribution < 1.29 is 9.18 Å². The molecule has 1 atom stereocenters. The highest BCUT2D eigenvalue weighted by atomic mass is 19.1. The van der Waals surface area contributed by atoms with Crippen molar-refractivity contribution in [3.05, 3.63) is 35.9 Å². The summed E-state index contributed by atoms with van der Waals surface area (Å²) >= 11 is 0. The molecular formula is C10H11FN6O. The lowest BCUT2D eigenvalue weighted by Crippen LogP contribution is -2.31. The van der Waals surface area contributed by atoms with Crippen LogP contribution in [0.3, 0.4) is 0 Å². The van der Waals surface area contributed by atoms with E-state index in [2.05, 4.69) is 31.3 Å². The Labute approximate surface area is 102 Å². The van der Waals surface area contributed by atoms with Crippen molar-refractivity contribution in [1.82, 2.24) is 25.9 Å². The number of hydrogen-bond donors (Lipinski definition) is 3. The molecule has 1 unspecified atom stereocenters. The number of urea groups is 1. The van der Waals surface area contributed by atoms with E-state index < -0.39 is 17.9 Å². The fourth-order valence-corrected chi connectivity index (χ4v) is 1.35. The van der Waals surface area contributed by atoms with Gasteiger partial charge in [0.25, 0.3) is 0 Å². The zero-order chi connectivity index (χ0) is 13.0. The third kappa shape index (κ3) is 3.00. The number of nitrogens with one attached hydrogen (secondary N) is 3. The number of carbonyl (C=O) groups is 1. The summed E-state index contributed by atoms with van der Waals surface area (Å²) in [6.07, 6.45) is 0. The summed E-state index contributed by atoms with van der Waals surface area (Å²) in [5, 5.41) is 18.3. The molecule has 0 aliphatic rings. The van der Waals surface area contributed by atoms with E-state index in [0.717, 1.165) is 0 Å². The molecule has 0 spiro atoms. The van der Waals surface area contributed by atoms with Gasteiger partial charge in [0.2, 0.25) is 0 Å². The minimum absolute atomic E-state index is 0.365. The topological polar surface area (TPSA) is 95.6 Å². The van der Waals surface area contributed by atoms with Gasteiger partial charge in [0, 0.05) is 5.69 Å². The Balaban J connectivity index is 1.93. The molecule has 1 aromatic heterocycles. The highest BCUT2D eigenvalue weighted by Gasteiger charge is 2.13. The van der Waals surface area contributed by atoms with Crippen LogP contribution in [0.25, 0.3) is 0 Å². The lowest BCUT2D eigenvalue weighted by Gasteiger charge is -2.11. The van der Waals surface area contributed by atoms with E-state index in [1.807, 2.05) is 0 Å². The van der Waals surface area contributed by atoms with Gasteiger partial charge in [-0.05, 0) is 25.1 Å². The second-order valence-electron chi connectivity index (χ2n) is 3.60. The Hall–Kier alpha value is -2.51. The van der Waals surface area contributed by atoms with Gasteiger partial charge in [-0.25, -0.2) is 9.18 Å². The van der Waals surface area contributed by atoms with E-state index in [0.29, 0.717) is 11.5 Å². The molecule has 0 fully saturated rings. The number of halogens is 1. The second-order valence-corrected chi connectivity index (χ2v) is 3.60. The summed E-state index contributed by atoms with van der Waals surface area (Å²) in [6, 6.07) is 4.73. The van der Waals surface area contributed by atoms with Crippen molar-refractivity contribution in [3.63, 3.8) is 0 Å². The molecule has 0 aliphatic heterocycles. The summed E-state index contributed by atoms with van der Waals surface area (Å²) in [6.45, 7) is 1.70. The fraction of sp³-hybridized carbons (Fsp3) is 0.200. The molecular weight excluding hydrogens is 239 g/mol. The van der Waals surface area contributed by atoms with Crippen molar-refractivity contribution in [3.8, 4) is 0 Å². The van der Waals surface area contributed by atoms with E-state index in [-0.39, 0.29) is 0 Å². The van der Waals surface area contributed by atoms with Crippen LogP contribution in [0.15, 0.2) is 24.3 Å². The molecule has 0 bridgehead atoms. The van der Waals surface area contributed by atoms with Crippen LogP contribution in [0, 0.1) is 5.82 Å². The summed E-state index contributed by atoms with van der Waals surface area (Å²) in [5.41, 5.74) is 0.368. The highest BCUT2D eigenvalue weighted by molar-refractivity contribution is 5.89. The van der Waals surface area contributed by atoms with Crippen LogP contribution in [-0.4, -0.2) is 26.7 Å². The van der Waals surface area contributed by atoms with Gasteiger partial charge in [-0.1, -0.05) is 11.3 Å². The van der Waals surface area contributed by atoms with Gasteiger partial charge in [0.1, 0.15) is 5.82 Å². The van der Waals surface area contributed by atoms with Gasteiger partial charge in [0.15, 0.2) is 5.82 Å². The third-order valence-electron chi connectivity index (χ3n) is 2.18. The van der Waals surface area contributed by atoms with Crippen molar-refractivity contribution >= 4 is 11.7 Å². The minimum Gasteiger partial charge on any atom is -0.328 e. The maximum Gasteiger partial charge on any atom is 0.319 e. The quantitative estimate of drug-likeness (QED) is 0.763. The molecule has 1 aromatic carbocycles. The van der Waals surface area contributed by atoms with E-state index in [4.69, 9.17) is 0 Å². The summed E-state index contributed by atoms with van der Waals surface area (Å²) < 4.78 is 12.9. The first-order valence-electron chi connectivity index (χ1n) is 5.21. The number of H-pyrrole nitrogens is 1. The van der Waals surface area contributed by atoms with Crippen LogP contribution in [-0.2, 0) is 0 Å². The zero-order valence-corrected chi connectivity index (χ0v) is 9.51. The Kier molecular flexibility index (Phi) is 3.46. The number of anilines is 1. The molecule has 2 aromatic rings. The standard InChI is InChI=1S/C10H11FN6O/c1-6(9-14-16-17-15-9)12-10(18)13-8-4-2-3-7(11)5-8/h2-6H,1H3,(H2,12,13,18)(H,14,15,16,17). The molecule has 94 valence electrons. The maximum absolute atomic E-state index is 12.9. The van der Waals surface area contributed by atoms with Gasteiger partial charge in [0.05, 0.1) is 6.04 Å². The molecule has 0 saturated heterocycles. The summed E-state index contributed by atoms with van der Waals surface area (Å²) in [4.78, 5) is 11.6. The normalized spacial score (nSPS) is 11.9. The van der Waals surface area contributed by atoms with Crippen LogP contribution < -0.4 is 10.6 Å². The van der Waals surface area contributed by atoms with Crippen molar-refractivity contribution in [1.29, 1.82) is 0 Å². The van der Waals surface area contributed by atoms with E-state index in [1.165, 1.54) is 18.2 Å². The lowest BCUT2D eigenvalue weighted by atomic mass is 10.3. The molecule has 0 radical (unpaired) electrons. The Morgan fingerprint density at radius 2 is 2.33 bits per heavy atom. The SMILES string of the molecule is CC(NC(=O)Nc1cccc(F)c1)c1nn[nH]n1. The summed E-state index contributed by atoms with van der Waals surface area (Å²) in [5.74, 6) is -0.0524. The van der Waals surface area contributed by atoms with E-state index in [9.17, 15) is 9.18 Å². The Morgan fingerprint density at radius 3 is 3.00 bits per heavy atom. The predicted octanol–water partition coefficient (Wildman–Crippen LogP) is 1.22. The smallest absolute Gasteiger partial charge is 0.319 e. The van der Waals surface area contributed by atoms with Gasteiger partial charge in [-0.15, -0.1) is 10.2 Å². The molecule has 8 heteroatoms. The van der Waals surface area contributed by atoms with Gasteiger partial charge in [-0.3, -0.25) is 0 Å². The molecule has 18 heavy (non-hydrogen) atoms. The van der Waals surface area contributed by atoms with Crippen LogP contribution >= 0.6 is 0 Å². The number of benzene rings is 1. The number of hydrogen-bond acceptors (Lipinski definition) is 4. The molecule has 0 saturated carbocycles. The number of rotatable bonds is 3. The van der Waals surface area contributed by atoms with Crippen LogP contribution in [0.5, 0.6) is 0 Å². The molecule has 1 heterocycles. The van der Waals surface area contributed by atoms with Gasteiger partial charge in [-0.2, -0.15) is 5.21 Å². The first-order valence-corrected chi connectivity index (χ1v) is 5.21.